The summed E-state index contributed by atoms with van der Waals surface area (Å²) in [4.78, 5) is 13.7. The molecule has 118 valence electrons. The van der Waals surface area contributed by atoms with Gasteiger partial charge in [-0.2, -0.15) is 23.4 Å². The van der Waals surface area contributed by atoms with Gasteiger partial charge in [-0.15, -0.1) is 0 Å². The average Bonchev–Trinajstić information content (AvgIpc) is 2.73. The maximum absolute atomic E-state index is 12.5. The van der Waals surface area contributed by atoms with E-state index in [1.807, 2.05) is 0 Å². The van der Waals surface area contributed by atoms with Crippen LogP contribution in [0.2, 0.25) is 5.15 Å². The highest BCUT2D eigenvalue weighted by Crippen LogP contribution is 2.27. The van der Waals surface area contributed by atoms with Crippen molar-refractivity contribution in [1.82, 2.24) is 14.8 Å². The van der Waals surface area contributed by atoms with Crippen LogP contribution in [0.4, 0.5) is 18.9 Å². The minimum Gasteiger partial charge on any atom is -0.326 e. The molecule has 0 saturated carbocycles. The number of hydrogen-bond donors (Lipinski definition) is 0. The second-order valence-corrected chi connectivity index (χ2v) is 5.02. The van der Waals surface area contributed by atoms with Crippen LogP contribution in [-0.4, -0.2) is 33.9 Å². The van der Waals surface area contributed by atoms with Crippen molar-refractivity contribution in [1.29, 1.82) is 0 Å². The lowest BCUT2D eigenvalue weighted by molar-refractivity contribution is -0.140. The van der Waals surface area contributed by atoms with Gasteiger partial charge in [-0.25, -0.2) is 0 Å². The predicted octanol–water partition coefficient (Wildman–Crippen LogP) is 3.08. The Balaban J connectivity index is 2.33. The van der Waals surface area contributed by atoms with Gasteiger partial charge in [-0.1, -0.05) is 11.6 Å². The normalized spacial score (nSPS) is 11.5. The molecule has 22 heavy (non-hydrogen) atoms. The minimum absolute atomic E-state index is 0.105. The largest absolute Gasteiger partial charge is 0.406 e. The average molecular weight is 333 g/mol. The van der Waals surface area contributed by atoms with Gasteiger partial charge in [-0.05, 0) is 19.1 Å². The third-order valence-corrected chi connectivity index (χ3v) is 3.46. The Hall–Kier alpha value is -2.09. The Morgan fingerprint density at radius 3 is 2.64 bits per heavy atom. The molecular weight excluding hydrogens is 321 g/mol. The van der Waals surface area contributed by atoms with Crippen LogP contribution >= 0.6 is 11.6 Å². The summed E-state index contributed by atoms with van der Waals surface area (Å²) >= 11 is 5.82. The minimum atomic E-state index is -4.42. The van der Waals surface area contributed by atoms with Gasteiger partial charge in [0.1, 0.15) is 11.7 Å². The maximum Gasteiger partial charge on any atom is 0.406 e. The van der Waals surface area contributed by atoms with Gasteiger partial charge in [0.05, 0.1) is 23.6 Å². The summed E-state index contributed by atoms with van der Waals surface area (Å²) in [7, 11) is 1.49. The number of carbonyl (C=O) groups excluding carboxylic acids is 1. The van der Waals surface area contributed by atoms with Crippen molar-refractivity contribution in [2.24, 2.45) is 0 Å². The molecule has 0 aliphatic heterocycles. The van der Waals surface area contributed by atoms with E-state index < -0.39 is 18.6 Å². The fourth-order valence-corrected chi connectivity index (χ4v) is 2.27. The van der Waals surface area contributed by atoms with Crippen LogP contribution in [0.15, 0.2) is 24.5 Å². The first-order valence-corrected chi connectivity index (χ1v) is 6.55. The quantitative estimate of drug-likeness (QED) is 0.868. The molecule has 0 aliphatic rings. The van der Waals surface area contributed by atoms with Crippen LogP contribution in [-0.2, 0) is 6.54 Å². The van der Waals surface area contributed by atoms with Crippen LogP contribution in [0, 0.1) is 6.92 Å². The van der Waals surface area contributed by atoms with Crippen LogP contribution in [0.25, 0.3) is 0 Å². The maximum atomic E-state index is 12.5. The third-order valence-electron chi connectivity index (χ3n) is 3.14. The molecular formula is C13H12ClF3N4O. The standard InChI is InChI=1S/C13H12ClF3N4O/c1-8-10(5-11(14)21(8)7-13(15,16)17)12(22)20(2)9-3-4-18-19-6-9/h3-6H,7H2,1-2H3. The van der Waals surface area contributed by atoms with Crippen LogP contribution < -0.4 is 4.90 Å². The van der Waals surface area contributed by atoms with E-state index in [1.165, 1.54) is 37.3 Å². The highest BCUT2D eigenvalue weighted by atomic mass is 35.5. The summed E-state index contributed by atoms with van der Waals surface area (Å²) in [6, 6.07) is 2.80. The van der Waals surface area contributed by atoms with Gasteiger partial charge in [-0.3, -0.25) is 4.79 Å². The smallest absolute Gasteiger partial charge is 0.326 e. The van der Waals surface area contributed by atoms with Gasteiger partial charge in [0, 0.05) is 12.7 Å². The highest BCUT2D eigenvalue weighted by molar-refractivity contribution is 6.30. The molecule has 0 atom stereocenters. The van der Waals surface area contributed by atoms with E-state index in [1.54, 1.807) is 6.07 Å². The van der Waals surface area contributed by atoms with Gasteiger partial charge in [0.25, 0.3) is 5.91 Å². The summed E-state index contributed by atoms with van der Waals surface area (Å²) < 4.78 is 38.5. The van der Waals surface area contributed by atoms with E-state index in [0.29, 0.717) is 5.69 Å². The molecule has 5 nitrogen and oxygen atoms in total. The molecule has 0 spiro atoms. The zero-order chi connectivity index (χ0) is 16.5. The van der Waals surface area contributed by atoms with Crippen molar-refractivity contribution in [3.8, 4) is 0 Å². The summed E-state index contributed by atoms with van der Waals surface area (Å²) in [5.41, 5.74) is 0.730. The van der Waals surface area contributed by atoms with E-state index in [4.69, 9.17) is 11.6 Å². The number of alkyl halides is 3. The first-order chi connectivity index (χ1) is 10.2. The molecule has 0 aliphatic carbocycles. The second kappa shape index (κ2) is 5.96. The number of amides is 1. The van der Waals surface area contributed by atoms with Crippen LogP contribution in [0.5, 0.6) is 0 Å². The van der Waals surface area contributed by atoms with Crippen molar-refractivity contribution >= 4 is 23.2 Å². The molecule has 2 aromatic rings. The molecule has 2 heterocycles. The first kappa shape index (κ1) is 16.3. The SMILES string of the molecule is Cc1c(C(=O)N(C)c2ccnnc2)cc(Cl)n1CC(F)(F)F. The van der Waals surface area contributed by atoms with Gasteiger partial charge in [0.2, 0.25) is 0 Å². The van der Waals surface area contributed by atoms with Crippen molar-refractivity contribution in [2.75, 3.05) is 11.9 Å². The number of hydrogen-bond acceptors (Lipinski definition) is 3. The van der Waals surface area contributed by atoms with Crippen molar-refractivity contribution < 1.29 is 18.0 Å². The summed E-state index contributed by atoms with van der Waals surface area (Å²) in [6.45, 7) is 0.176. The van der Waals surface area contributed by atoms with E-state index in [2.05, 4.69) is 10.2 Å². The monoisotopic (exact) mass is 332 g/mol. The molecule has 2 rings (SSSR count). The Morgan fingerprint density at radius 2 is 2.09 bits per heavy atom. The van der Waals surface area contributed by atoms with E-state index in [9.17, 15) is 18.0 Å². The number of aromatic nitrogens is 3. The molecule has 0 unspecified atom stereocenters. The molecule has 0 bridgehead atoms. The Bertz CT molecular complexity index is 685. The van der Waals surface area contributed by atoms with Crippen molar-refractivity contribution in [3.05, 3.63) is 40.9 Å². The number of rotatable bonds is 3. The van der Waals surface area contributed by atoms with Crippen molar-refractivity contribution in [2.45, 2.75) is 19.6 Å². The lowest BCUT2D eigenvalue weighted by atomic mass is 10.2. The van der Waals surface area contributed by atoms with Gasteiger partial charge >= 0.3 is 6.18 Å². The highest BCUT2D eigenvalue weighted by Gasteiger charge is 2.31. The fraction of sp³-hybridized carbons (Fsp3) is 0.308. The lowest BCUT2D eigenvalue weighted by Gasteiger charge is -2.17. The third kappa shape index (κ3) is 3.38. The van der Waals surface area contributed by atoms with E-state index >= 15 is 0 Å². The number of nitrogens with zero attached hydrogens (tertiary/aromatic N) is 4. The molecule has 9 heteroatoms. The predicted molar refractivity (Wildman–Crippen MR) is 75.0 cm³/mol. The molecule has 0 radical (unpaired) electrons. The lowest BCUT2D eigenvalue weighted by Crippen LogP contribution is -2.27. The fourth-order valence-electron chi connectivity index (χ4n) is 1.98. The molecule has 0 fully saturated rings. The van der Waals surface area contributed by atoms with Crippen LogP contribution in [0.3, 0.4) is 0 Å². The molecule has 0 N–H and O–H groups in total. The summed E-state index contributed by atoms with van der Waals surface area (Å²) in [6.07, 6.45) is -1.63. The van der Waals surface area contributed by atoms with Crippen molar-refractivity contribution in [3.63, 3.8) is 0 Å². The summed E-state index contributed by atoms with van der Waals surface area (Å²) in [5.74, 6) is -0.478. The molecule has 0 aromatic carbocycles. The first-order valence-electron chi connectivity index (χ1n) is 6.18. The van der Waals surface area contributed by atoms with E-state index in [-0.39, 0.29) is 16.4 Å². The molecule has 2 aromatic heterocycles. The van der Waals surface area contributed by atoms with Crippen LogP contribution in [0.1, 0.15) is 16.1 Å². The van der Waals surface area contributed by atoms with E-state index in [0.717, 1.165) is 4.57 Å². The van der Waals surface area contributed by atoms with Gasteiger partial charge in [0.15, 0.2) is 0 Å². The second-order valence-electron chi connectivity index (χ2n) is 4.63. The zero-order valence-corrected chi connectivity index (χ0v) is 12.5. The number of halogens is 4. The molecule has 1 amide bonds. The topological polar surface area (TPSA) is 51.0 Å². The number of carbonyl (C=O) groups is 1. The number of anilines is 1. The van der Waals surface area contributed by atoms with Gasteiger partial charge < -0.3 is 9.47 Å². The Labute approximate surface area is 129 Å². The molecule has 0 saturated heterocycles. The summed E-state index contributed by atoms with van der Waals surface area (Å²) in [5, 5.41) is 7.11. The Kier molecular flexibility index (Phi) is 4.41. The zero-order valence-electron chi connectivity index (χ0n) is 11.7. The Morgan fingerprint density at radius 1 is 1.41 bits per heavy atom.